The van der Waals surface area contributed by atoms with Crippen LogP contribution in [0.1, 0.15) is 6.42 Å². The first-order valence-corrected chi connectivity index (χ1v) is 7.05. The van der Waals surface area contributed by atoms with Gasteiger partial charge in [-0.2, -0.15) is 13.2 Å². The smallest absolute Gasteiger partial charge is 0.307 e. The fourth-order valence-electron chi connectivity index (χ4n) is 1.25. The molecule has 114 valence electrons. The molecule has 20 heavy (non-hydrogen) atoms. The lowest BCUT2D eigenvalue weighted by Gasteiger charge is -2.18. The summed E-state index contributed by atoms with van der Waals surface area (Å²) in [7, 11) is -3.05. The van der Waals surface area contributed by atoms with Crippen LogP contribution in [0.5, 0.6) is 0 Å². The maximum Gasteiger partial charge on any atom is 0.390 e. The minimum atomic E-state index is -4.44. The van der Waals surface area contributed by atoms with Crippen molar-refractivity contribution in [3.63, 3.8) is 0 Å². The molecule has 0 aliphatic carbocycles. The molecular formula is C9H12ClF3N4O2S. The van der Waals surface area contributed by atoms with Crippen molar-refractivity contribution in [2.75, 3.05) is 19.0 Å². The third-order valence-electron chi connectivity index (χ3n) is 2.37. The number of nitrogens with two attached hydrogens (primary N) is 1. The molecular weight excluding hydrogens is 321 g/mol. The van der Waals surface area contributed by atoms with Crippen LogP contribution >= 0.6 is 11.6 Å². The molecule has 0 aromatic carbocycles. The number of sulfonamides is 1. The number of nitrogens with one attached hydrogen (secondary N) is 1. The van der Waals surface area contributed by atoms with Gasteiger partial charge in [0.05, 0.1) is 11.4 Å². The zero-order chi connectivity index (χ0) is 15.6. The van der Waals surface area contributed by atoms with Gasteiger partial charge in [-0.1, -0.05) is 11.6 Å². The fraction of sp³-hybridized carbons (Fsp3) is 0.444. The van der Waals surface area contributed by atoms with Gasteiger partial charge in [-0.25, -0.2) is 23.5 Å². The second-order valence-corrected chi connectivity index (χ2v) is 6.29. The highest BCUT2D eigenvalue weighted by molar-refractivity contribution is 7.89. The lowest BCUT2D eigenvalue weighted by atomic mass is 10.4. The predicted molar refractivity (Wildman–Crippen MR) is 67.5 cm³/mol. The van der Waals surface area contributed by atoms with E-state index >= 15 is 0 Å². The van der Waals surface area contributed by atoms with E-state index in [0.717, 1.165) is 19.3 Å². The number of rotatable bonds is 5. The maximum absolute atomic E-state index is 12.1. The summed E-state index contributed by atoms with van der Waals surface area (Å²) in [6.45, 7) is -0.694. The first-order chi connectivity index (χ1) is 9.08. The number of alkyl halides is 3. The topological polar surface area (TPSA) is 88.3 Å². The van der Waals surface area contributed by atoms with E-state index in [1.165, 1.54) is 0 Å². The molecule has 1 aromatic heterocycles. The molecule has 0 amide bonds. The van der Waals surface area contributed by atoms with Crippen LogP contribution < -0.4 is 11.3 Å². The molecule has 1 rings (SSSR count). The Kier molecular flexibility index (Phi) is 5.19. The molecule has 0 radical (unpaired) electrons. The van der Waals surface area contributed by atoms with Crippen LogP contribution in [-0.4, -0.2) is 37.5 Å². The van der Waals surface area contributed by atoms with Crippen LogP contribution in [0, 0.1) is 0 Å². The van der Waals surface area contributed by atoms with Crippen molar-refractivity contribution in [2.45, 2.75) is 17.5 Å². The number of nitrogen functional groups attached to an aromatic ring is 1. The summed E-state index contributed by atoms with van der Waals surface area (Å²) in [6, 6.07) is 1.06. The van der Waals surface area contributed by atoms with Crippen LogP contribution in [0.15, 0.2) is 17.2 Å². The van der Waals surface area contributed by atoms with E-state index in [1.807, 2.05) is 0 Å². The van der Waals surface area contributed by atoms with Crippen molar-refractivity contribution >= 4 is 27.4 Å². The molecule has 0 saturated carbocycles. The van der Waals surface area contributed by atoms with E-state index in [1.54, 1.807) is 0 Å². The molecule has 11 heteroatoms. The molecule has 3 N–H and O–H groups in total. The summed E-state index contributed by atoms with van der Waals surface area (Å²) < 4.78 is 60.9. The van der Waals surface area contributed by atoms with E-state index in [-0.39, 0.29) is 15.7 Å². The number of aromatic nitrogens is 1. The van der Waals surface area contributed by atoms with E-state index < -0.39 is 29.2 Å². The summed E-state index contributed by atoms with van der Waals surface area (Å²) in [5, 5.41) is -0.0576. The molecule has 0 spiro atoms. The highest BCUT2D eigenvalue weighted by atomic mass is 35.5. The number of halogens is 4. The Morgan fingerprint density at radius 1 is 1.50 bits per heavy atom. The van der Waals surface area contributed by atoms with Gasteiger partial charge in [0.2, 0.25) is 10.0 Å². The van der Waals surface area contributed by atoms with E-state index in [0.29, 0.717) is 4.31 Å². The second-order valence-electron chi connectivity index (χ2n) is 3.84. The van der Waals surface area contributed by atoms with Gasteiger partial charge >= 0.3 is 6.18 Å². The molecule has 0 saturated heterocycles. The van der Waals surface area contributed by atoms with Crippen LogP contribution in [-0.2, 0) is 10.0 Å². The average molecular weight is 333 g/mol. The first kappa shape index (κ1) is 17.0. The van der Waals surface area contributed by atoms with Gasteiger partial charge in [0, 0.05) is 19.8 Å². The highest BCUT2D eigenvalue weighted by Crippen LogP contribution is 2.25. The van der Waals surface area contributed by atoms with E-state index in [2.05, 4.69) is 10.4 Å². The average Bonchev–Trinajstić information content (AvgIpc) is 2.34. The predicted octanol–water partition coefficient (Wildman–Crippen LogP) is 1.59. The summed E-state index contributed by atoms with van der Waals surface area (Å²) in [5.74, 6) is 5.14. The summed E-state index contributed by atoms with van der Waals surface area (Å²) in [6.07, 6.45) is -4.72. The SMILES string of the molecule is CN(CCC(F)(F)F)S(=O)(=O)c1cnc(NN)c(Cl)c1. The number of anilines is 1. The van der Waals surface area contributed by atoms with Gasteiger partial charge in [0.25, 0.3) is 0 Å². The van der Waals surface area contributed by atoms with Gasteiger partial charge in [-0.15, -0.1) is 0 Å². The van der Waals surface area contributed by atoms with Crippen LogP contribution in [0.25, 0.3) is 0 Å². The molecule has 1 aromatic rings. The summed E-state index contributed by atoms with van der Waals surface area (Å²) in [4.78, 5) is 3.34. The van der Waals surface area contributed by atoms with Gasteiger partial charge in [-0.3, -0.25) is 0 Å². The van der Waals surface area contributed by atoms with Crippen molar-refractivity contribution in [2.24, 2.45) is 5.84 Å². The van der Waals surface area contributed by atoms with Crippen molar-refractivity contribution in [3.05, 3.63) is 17.3 Å². The third kappa shape index (κ3) is 4.20. The number of pyridine rings is 1. The number of hydrazine groups is 1. The zero-order valence-corrected chi connectivity index (χ0v) is 11.8. The largest absolute Gasteiger partial charge is 0.390 e. The van der Waals surface area contributed by atoms with Crippen LogP contribution in [0.3, 0.4) is 0 Å². The van der Waals surface area contributed by atoms with Gasteiger partial charge in [0.1, 0.15) is 4.90 Å². The Balaban J connectivity index is 2.96. The van der Waals surface area contributed by atoms with Gasteiger partial charge < -0.3 is 5.43 Å². The molecule has 0 fully saturated rings. The molecule has 0 aliphatic rings. The van der Waals surface area contributed by atoms with Crippen molar-refractivity contribution in [1.82, 2.24) is 9.29 Å². The number of hydrogen-bond donors (Lipinski definition) is 2. The van der Waals surface area contributed by atoms with Crippen molar-refractivity contribution in [1.29, 1.82) is 0 Å². The minimum Gasteiger partial charge on any atom is -0.307 e. The molecule has 1 heterocycles. The Labute approximate surface area is 118 Å². The quantitative estimate of drug-likeness (QED) is 0.631. The van der Waals surface area contributed by atoms with E-state index in [4.69, 9.17) is 17.4 Å². The Bertz CT molecular complexity index is 579. The first-order valence-electron chi connectivity index (χ1n) is 5.23. The molecule has 6 nitrogen and oxygen atoms in total. The van der Waals surface area contributed by atoms with Crippen LogP contribution in [0.2, 0.25) is 5.02 Å². The summed E-state index contributed by atoms with van der Waals surface area (Å²) >= 11 is 5.72. The number of nitrogens with zero attached hydrogens (tertiary/aromatic N) is 2. The summed E-state index contributed by atoms with van der Waals surface area (Å²) in [5.41, 5.74) is 2.15. The number of hydrogen-bond acceptors (Lipinski definition) is 5. The third-order valence-corrected chi connectivity index (χ3v) is 4.48. The lowest BCUT2D eigenvalue weighted by Crippen LogP contribution is -2.30. The Morgan fingerprint density at radius 2 is 2.10 bits per heavy atom. The Morgan fingerprint density at radius 3 is 2.55 bits per heavy atom. The standard InChI is InChI=1S/C9H12ClF3N4O2S/c1-17(3-2-9(11,12)13)20(18,19)6-4-7(10)8(16-14)15-5-6/h4-5H,2-3,14H2,1H3,(H,15,16). The zero-order valence-electron chi connectivity index (χ0n) is 10.3. The van der Waals surface area contributed by atoms with Gasteiger partial charge in [-0.05, 0) is 6.07 Å². The molecule has 0 bridgehead atoms. The second kappa shape index (κ2) is 6.12. The minimum absolute atomic E-state index is 0.0576. The lowest BCUT2D eigenvalue weighted by molar-refractivity contribution is -0.135. The molecule has 0 unspecified atom stereocenters. The van der Waals surface area contributed by atoms with Crippen molar-refractivity contribution in [3.8, 4) is 0 Å². The van der Waals surface area contributed by atoms with Crippen LogP contribution in [0.4, 0.5) is 19.0 Å². The molecule has 0 aliphatic heterocycles. The highest BCUT2D eigenvalue weighted by Gasteiger charge is 2.30. The van der Waals surface area contributed by atoms with E-state index in [9.17, 15) is 21.6 Å². The maximum atomic E-state index is 12.1. The molecule has 0 atom stereocenters. The van der Waals surface area contributed by atoms with Gasteiger partial charge in [0.15, 0.2) is 5.82 Å². The Hall–Kier alpha value is -1.10. The van der Waals surface area contributed by atoms with Crippen molar-refractivity contribution < 1.29 is 21.6 Å². The normalized spacial score (nSPS) is 12.8. The fourth-order valence-corrected chi connectivity index (χ4v) is 2.68. The monoisotopic (exact) mass is 332 g/mol.